The van der Waals surface area contributed by atoms with Gasteiger partial charge >= 0.3 is 0 Å². The molecule has 1 saturated heterocycles. The first-order chi connectivity index (χ1) is 15.8. The number of likely N-dealkylation sites (tertiary alicyclic amines) is 1. The zero-order valence-corrected chi connectivity index (χ0v) is 18.8. The van der Waals surface area contributed by atoms with Crippen molar-refractivity contribution >= 4 is 10.9 Å². The molecule has 1 aliphatic rings. The Labute approximate surface area is 189 Å². The molecule has 1 aliphatic heterocycles. The molecule has 1 atom stereocenters. The minimum absolute atomic E-state index is 0.498. The Bertz CT molecular complexity index is 1110. The third kappa shape index (κ3) is 4.75. The van der Waals surface area contributed by atoms with Crippen molar-refractivity contribution in [2.24, 2.45) is 5.92 Å². The fourth-order valence-corrected chi connectivity index (χ4v) is 5.06. The van der Waals surface area contributed by atoms with Gasteiger partial charge in [-0.1, -0.05) is 19.4 Å². The summed E-state index contributed by atoms with van der Waals surface area (Å²) in [5.74, 6) is 1.35. The Kier molecular flexibility index (Phi) is 6.30. The van der Waals surface area contributed by atoms with E-state index < -0.39 is 0 Å². The quantitative estimate of drug-likeness (QED) is 0.430. The summed E-state index contributed by atoms with van der Waals surface area (Å²) in [6.07, 6.45) is 13.9. The average Bonchev–Trinajstić information content (AvgIpc) is 3.51. The van der Waals surface area contributed by atoms with E-state index in [4.69, 9.17) is 0 Å². The fraction of sp³-hybridized carbons (Fsp3) is 0.423. The number of hydrogen-bond acceptors (Lipinski definition) is 4. The van der Waals surface area contributed by atoms with Gasteiger partial charge in [0, 0.05) is 47.1 Å². The van der Waals surface area contributed by atoms with Crippen molar-refractivity contribution in [3.63, 3.8) is 0 Å². The molecular formula is C26H32N6. The van der Waals surface area contributed by atoms with Gasteiger partial charge in [0.2, 0.25) is 0 Å². The van der Waals surface area contributed by atoms with E-state index in [-0.39, 0.29) is 0 Å². The molecule has 6 nitrogen and oxygen atoms in total. The number of benzene rings is 1. The van der Waals surface area contributed by atoms with Crippen LogP contribution in [-0.2, 0) is 6.42 Å². The van der Waals surface area contributed by atoms with Crippen molar-refractivity contribution in [3.05, 3.63) is 72.7 Å². The number of fused-ring (bicyclic) bond motifs is 1. The summed E-state index contributed by atoms with van der Waals surface area (Å²) < 4.78 is 1.96. The smallest absolute Gasteiger partial charge is 0.123 e. The van der Waals surface area contributed by atoms with E-state index in [0.717, 1.165) is 24.6 Å². The lowest BCUT2D eigenvalue weighted by Gasteiger charge is -2.33. The molecule has 4 heterocycles. The first kappa shape index (κ1) is 20.9. The third-order valence-corrected chi connectivity index (χ3v) is 6.96. The SMILES string of the molecule is CC(CN1CCC(CCCc2c[nH]c3ccc(-n4cnnc4)cc23)CC1)c1ccccn1. The van der Waals surface area contributed by atoms with Crippen LogP contribution in [0, 0.1) is 5.92 Å². The number of hydrogen-bond donors (Lipinski definition) is 1. The molecule has 5 rings (SSSR count). The highest BCUT2D eigenvalue weighted by Crippen LogP contribution is 2.27. The average molecular weight is 429 g/mol. The number of nitrogens with one attached hydrogen (secondary N) is 1. The van der Waals surface area contributed by atoms with Crippen LogP contribution in [0.15, 0.2) is 61.4 Å². The van der Waals surface area contributed by atoms with Gasteiger partial charge in [0.05, 0.1) is 0 Å². The number of rotatable bonds is 8. The van der Waals surface area contributed by atoms with Crippen molar-refractivity contribution in [3.8, 4) is 5.69 Å². The zero-order valence-electron chi connectivity index (χ0n) is 18.8. The predicted octanol–water partition coefficient (Wildman–Crippen LogP) is 4.98. The molecule has 1 unspecified atom stereocenters. The number of aromatic amines is 1. The van der Waals surface area contributed by atoms with Crippen molar-refractivity contribution in [2.45, 2.75) is 44.9 Å². The van der Waals surface area contributed by atoms with Crippen LogP contribution < -0.4 is 0 Å². The van der Waals surface area contributed by atoms with E-state index in [2.05, 4.69) is 68.5 Å². The first-order valence-corrected chi connectivity index (χ1v) is 11.8. The first-order valence-electron chi connectivity index (χ1n) is 11.8. The molecule has 1 N–H and O–H groups in total. The van der Waals surface area contributed by atoms with Crippen molar-refractivity contribution < 1.29 is 0 Å². The third-order valence-electron chi connectivity index (χ3n) is 6.96. The summed E-state index contributed by atoms with van der Waals surface area (Å²) in [6, 6.07) is 12.7. The largest absolute Gasteiger partial charge is 0.361 e. The van der Waals surface area contributed by atoms with Crippen LogP contribution in [0.5, 0.6) is 0 Å². The number of aromatic nitrogens is 5. The highest BCUT2D eigenvalue weighted by molar-refractivity contribution is 5.85. The van der Waals surface area contributed by atoms with Gasteiger partial charge in [-0.15, -0.1) is 10.2 Å². The maximum Gasteiger partial charge on any atom is 0.123 e. The Balaban J connectivity index is 1.10. The van der Waals surface area contributed by atoms with Gasteiger partial charge in [-0.2, -0.15) is 0 Å². The number of nitrogens with zero attached hydrogens (tertiary/aromatic N) is 5. The molecule has 32 heavy (non-hydrogen) atoms. The monoisotopic (exact) mass is 428 g/mol. The zero-order chi connectivity index (χ0) is 21.8. The fourth-order valence-electron chi connectivity index (χ4n) is 5.06. The standard InChI is InChI=1S/C26H32N6/c1-20(25-7-2-3-12-27-25)17-31-13-10-21(11-14-31)5-4-6-22-16-28-26-9-8-23(15-24(22)26)32-18-29-30-19-32/h2-3,7-9,12,15-16,18-21,28H,4-6,10-11,13-14,17H2,1H3. The molecule has 0 saturated carbocycles. The summed E-state index contributed by atoms with van der Waals surface area (Å²) in [4.78, 5) is 10.6. The summed E-state index contributed by atoms with van der Waals surface area (Å²) in [6.45, 7) is 5.85. The van der Waals surface area contributed by atoms with E-state index in [1.165, 1.54) is 60.9 Å². The van der Waals surface area contributed by atoms with E-state index >= 15 is 0 Å². The lowest BCUT2D eigenvalue weighted by molar-refractivity contribution is 0.170. The highest BCUT2D eigenvalue weighted by atomic mass is 15.2. The molecule has 0 spiro atoms. The van der Waals surface area contributed by atoms with Crippen LogP contribution in [0.25, 0.3) is 16.6 Å². The maximum atomic E-state index is 4.53. The van der Waals surface area contributed by atoms with Gasteiger partial charge in [0.1, 0.15) is 12.7 Å². The van der Waals surface area contributed by atoms with Gasteiger partial charge in [-0.05, 0) is 80.6 Å². The second-order valence-corrected chi connectivity index (χ2v) is 9.20. The molecule has 0 radical (unpaired) electrons. The van der Waals surface area contributed by atoms with E-state index in [0.29, 0.717) is 5.92 Å². The highest BCUT2D eigenvalue weighted by Gasteiger charge is 2.21. The van der Waals surface area contributed by atoms with Gasteiger partial charge in [0.25, 0.3) is 0 Å². The molecule has 1 aromatic carbocycles. The molecule has 0 bridgehead atoms. The molecule has 166 valence electrons. The molecule has 1 fully saturated rings. The molecule has 0 aliphatic carbocycles. The van der Waals surface area contributed by atoms with Gasteiger partial charge in [-0.25, -0.2) is 0 Å². The Morgan fingerprint density at radius 2 is 1.94 bits per heavy atom. The molecule has 6 heteroatoms. The normalized spacial score (nSPS) is 16.5. The van der Waals surface area contributed by atoms with Crippen LogP contribution in [-0.4, -0.2) is 49.3 Å². The number of piperidine rings is 1. The Hall–Kier alpha value is -2.99. The second kappa shape index (κ2) is 9.65. The van der Waals surface area contributed by atoms with Crippen molar-refractivity contribution in [1.82, 2.24) is 29.6 Å². The predicted molar refractivity (Wildman–Crippen MR) is 128 cm³/mol. The maximum absolute atomic E-state index is 4.53. The van der Waals surface area contributed by atoms with Gasteiger partial charge in [0.15, 0.2) is 0 Å². The topological polar surface area (TPSA) is 62.6 Å². The van der Waals surface area contributed by atoms with E-state index in [9.17, 15) is 0 Å². The van der Waals surface area contributed by atoms with Crippen LogP contribution >= 0.6 is 0 Å². The number of H-pyrrole nitrogens is 1. The van der Waals surface area contributed by atoms with E-state index in [1.54, 1.807) is 12.7 Å². The molecule has 4 aromatic rings. The Morgan fingerprint density at radius 1 is 1.09 bits per heavy atom. The summed E-state index contributed by atoms with van der Waals surface area (Å²) in [5.41, 5.74) is 4.93. The van der Waals surface area contributed by atoms with Crippen molar-refractivity contribution in [2.75, 3.05) is 19.6 Å². The minimum Gasteiger partial charge on any atom is -0.361 e. The summed E-state index contributed by atoms with van der Waals surface area (Å²) >= 11 is 0. The van der Waals surface area contributed by atoms with Crippen molar-refractivity contribution in [1.29, 1.82) is 0 Å². The summed E-state index contributed by atoms with van der Waals surface area (Å²) in [7, 11) is 0. The lowest BCUT2D eigenvalue weighted by Crippen LogP contribution is -2.36. The van der Waals surface area contributed by atoms with Gasteiger partial charge < -0.3 is 9.88 Å². The van der Waals surface area contributed by atoms with Crippen LogP contribution in [0.2, 0.25) is 0 Å². The number of aryl methyl sites for hydroxylation is 1. The minimum atomic E-state index is 0.498. The molecule has 0 amide bonds. The molecule has 3 aromatic heterocycles. The second-order valence-electron chi connectivity index (χ2n) is 9.20. The summed E-state index contributed by atoms with van der Waals surface area (Å²) in [5, 5.41) is 9.16. The lowest BCUT2D eigenvalue weighted by atomic mass is 9.90. The van der Waals surface area contributed by atoms with Crippen LogP contribution in [0.4, 0.5) is 0 Å². The van der Waals surface area contributed by atoms with E-state index in [1.807, 2.05) is 16.8 Å². The number of pyridine rings is 1. The molecular weight excluding hydrogens is 396 g/mol. The van der Waals surface area contributed by atoms with Crippen LogP contribution in [0.3, 0.4) is 0 Å². The van der Waals surface area contributed by atoms with Gasteiger partial charge in [-0.3, -0.25) is 9.55 Å². The Morgan fingerprint density at radius 3 is 2.72 bits per heavy atom. The van der Waals surface area contributed by atoms with Crippen LogP contribution in [0.1, 0.15) is 49.8 Å².